The first kappa shape index (κ1) is 14.3. The third-order valence-corrected chi connectivity index (χ3v) is 3.29. The quantitative estimate of drug-likeness (QED) is 0.778. The third kappa shape index (κ3) is 3.93. The van der Waals surface area contributed by atoms with Gasteiger partial charge >= 0.3 is 0 Å². The summed E-state index contributed by atoms with van der Waals surface area (Å²) in [5.74, 6) is -0.622. The molecule has 0 aromatic heterocycles. The zero-order valence-corrected chi connectivity index (χ0v) is 11.3. The van der Waals surface area contributed by atoms with Crippen molar-refractivity contribution in [1.29, 1.82) is 0 Å². The molecule has 1 aliphatic heterocycles. The number of nitrogens with one attached hydrogen (secondary N) is 1. The molecule has 0 bridgehead atoms. The highest BCUT2D eigenvalue weighted by Crippen LogP contribution is 2.04. The van der Waals surface area contributed by atoms with E-state index in [-0.39, 0.29) is 5.91 Å². The summed E-state index contributed by atoms with van der Waals surface area (Å²) in [7, 11) is 0. The summed E-state index contributed by atoms with van der Waals surface area (Å²) >= 11 is 0. The predicted molar refractivity (Wildman–Crippen MR) is 77.5 cm³/mol. The van der Waals surface area contributed by atoms with Crippen LogP contribution in [-0.4, -0.2) is 42.9 Å². The van der Waals surface area contributed by atoms with E-state index in [2.05, 4.69) is 22.4 Å². The number of hydrogen-bond donors (Lipinski definition) is 2. The topological polar surface area (TPSA) is 75.4 Å². The fourth-order valence-electron chi connectivity index (χ4n) is 2.11. The molecule has 2 rings (SSSR count). The number of carbonyl (C=O) groups excluding carboxylic acids is 2. The first-order valence-corrected chi connectivity index (χ1v) is 6.72. The van der Waals surface area contributed by atoms with E-state index in [9.17, 15) is 9.59 Å². The predicted octanol–water partition coefficient (Wildman–Crippen LogP) is 0.777. The van der Waals surface area contributed by atoms with Crippen molar-refractivity contribution in [2.45, 2.75) is 6.42 Å². The molecule has 20 heavy (non-hydrogen) atoms. The van der Waals surface area contributed by atoms with Crippen LogP contribution in [-0.2, 0) is 0 Å². The van der Waals surface area contributed by atoms with E-state index in [0.29, 0.717) is 17.7 Å². The Labute approximate surface area is 118 Å². The lowest BCUT2D eigenvalue weighted by Gasteiger charge is -2.22. The lowest BCUT2D eigenvalue weighted by Crippen LogP contribution is -2.36. The molecular weight excluding hydrogens is 254 g/mol. The average molecular weight is 273 g/mol. The fourth-order valence-corrected chi connectivity index (χ4v) is 2.11. The molecule has 0 unspecified atom stereocenters. The van der Waals surface area contributed by atoms with Crippen LogP contribution in [0, 0.1) is 0 Å². The number of amides is 2. The molecule has 3 N–H and O–H groups in total. The Balaban J connectivity index is 1.79. The Morgan fingerprint density at radius 2 is 1.85 bits per heavy atom. The smallest absolute Gasteiger partial charge is 0.251 e. The van der Waals surface area contributed by atoms with Crippen LogP contribution in [0.1, 0.15) is 27.1 Å². The molecular formula is C15H19N3O2. The second kappa shape index (κ2) is 6.86. The SMILES string of the molecule is NC(=O)c1ccc(C(=O)NCCN2CC=CCC2)cc1. The number of hydrogen-bond acceptors (Lipinski definition) is 3. The molecule has 0 saturated heterocycles. The van der Waals surface area contributed by atoms with Crippen molar-refractivity contribution in [2.24, 2.45) is 5.73 Å². The van der Waals surface area contributed by atoms with Gasteiger partial charge in [-0.3, -0.25) is 14.5 Å². The van der Waals surface area contributed by atoms with Gasteiger partial charge in [-0.05, 0) is 30.7 Å². The van der Waals surface area contributed by atoms with Crippen molar-refractivity contribution in [3.05, 3.63) is 47.5 Å². The Morgan fingerprint density at radius 3 is 2.45 bits per heavy atom. The van der Waals surface area contributed by atoms with Gasteiger partial charge in [-0.1, -0.05) is 12.2 Å². The summed E-state index contributed by atoms with van der Waals surface area (Å²) in [6.07, 6.45) is 5.39. The van der Waals surface area contributed by atoms with Crippen LogP contribution in [0.5, 0.6) is 0 Å². The Morgan fingerprint density at radius 1 is 1.15 bits per heavy atom. The molecule has 1 heterocycles. The van der Waals surface area contributed by atoms with Crippen molar-refractivity contribution in [3.63, 3.8) is 0 Å². The van der Waals surface area contributed by atoms with Crippen molar-refractivity contribution in [3.8, 4) is 0 Å². The second-order valence-electron chi connectivity index (χ2n) is 4.76. The highest BCUT2D eigenvalue weighted by molar-refractivity contribution is 5.97. The molecule has 0 radical (unpaired) electrons. The molecule has 1 aromatic rings. The van der Waals surface area contributed by atoms with Gasteiger partial charge in [0.1, 0.15) is 0 Å². The number of benzene rings is 1. The van der Waals surface area contributed by atoms with E-state index in [4.69, 9.17) is 5.73 Å². The maximum Gasteiger partial charge on any atom is 0.251 e. The average Bonchev–Trinajstić information content (AvgIpc) is 2.48. The zero-order valence-electron chi connectivity index (χ0n) is 11.3. The van der Waals surface area contributed by atoms with Gasteiger partial charge in [0.25, 0.3) is 5.91 Å². The van der Waals surface area contributed by atoms with Gasteiger partial charge in [0.05, 0.1) is 0 Å². The number of nitrogens with zero attached hydrogens (tertiary/aromatic N) is 1. The van der Waals surface area contributed by atoms with Crippen LogP contribution in [0.3, 0.4) is 0 Å². The highest BCUT2D eigenvalue weighted by atomic mass is 16.2. The Kier molecular flexibility index (Phi) is 4.90. The van der Waals surface area contributed by atoms with Crippen LogP contribution in [0.25, 0.3) is 0 Å². The van der Waals surface area contributed by atoms with Crippen molar-refractivity contribution >= 4 is 11.8 Å². The Bertz CT molecular complexity index is 508. The molecule has 0 saturated carbocycles. The minimum absolute atomic E-state index is 0.131. The molecule has 5 nitrogen and oxygen atoms in total. The second-order valence-corrected chi connectivity index (χ2v) is 4.76. The van der Waals surface area contributed by atoms with Gasteiger partial charge in [-0.25, -0.2) is 0 Å². The molecule has 106 valence electrons. The largest absolute Gasteiger partial charge is 0.366 e. The fraction of sp³-hybridized carbons (Fsp3) is 0.333. The molecule has 0 spiro atoms. The van der Waals surface area contributed by atoms with E-state index in [0.717, 1.165) is 26.1 Å². The van der Waals surface area contributed by atoms with Crippen LogP contribution in [0.2, 0.25) is 0 Å². The van der Waals surface area contributed by atoms with Gasteiger partial charge < -0.3 is 11.1 Å². The zero-order chi connectivity index (χ0) is 14.4. The number of carbonyl (C=O) groups is 2. The first-order chi connectivity index (χ1) is 9.66. The summed E-state index contributed by atoms with van der Waals surface area (Å²) < 4.78 is 0. The molecule has 1 aromatic carbocycles. The molecule has 2 amide bonds. The molecule has 0 fully saturated rings. The maximum atomic E-state index is 11.9. The first-order valence-electron chi connectivity index (χ1n) is 6.72. The van der Waals surface area contributed by atoms with Gasteiger partial charge in [0.15, 0.2) is 0 Å². The van der Waals surface area contributed by atoms with Crippen LogP contribution < -0.4 is 11.1 Å². The highest BCUT2D eigenvalue weighted by Gasteiger charge is 2.09. The number of rotatable bonds is 5. The van der Waals surface area contributed by atoms with Gasteiger partial charge in [-0.15, -0.1) is 0 Å². The number of nitrogens with two attached hydrogens (primary N) is 1. The number of primary amides is 1. The van der Waals surface area contributed by atoms with E-state index in [1.807, 2.05) is 0 Å². The van der Waals surface area contributed by atoms with Crippen molar-refractivity contribution < 1.29 is 9.59 Å². The van der Waals surface area contributed by atoms with E-state index in [1.165, 1.54) is 0 Å². The van der Waals surface area contributed by atoms with E-state index >= 15 is 0 Å². The summed E-state index contributed by atoms with van der Waals surface area (Å²) in [6, 6.07) is 6.34. The van der Waals surface area contributed by atoms with Crippen LogP contribution >= 0.6 is 0 Å². The summed E-state index contributed by atoms with van der Waals surface area (Å²) in [6.45, 7) is 3.45. The van der Waals surface area contributed by atoms with Crippen LogP contribution in [0.4, 0.5) is 0 Å². The lowest BCUT2D eigenvalue weighted by molar-refractivity contribution is 0.0946. The van der Waals surface area contributed by atoms with Gasteiger partial charge in [0, 0.05) is 37.3 Å². The van der Waals surface area contributed by atoms with Crippen molar-refractivity contribution in [1.82, 2.24) is 10.2 Å². The van der Waals surface area contributed by atoms with Gasteiger partial charge in [-0.2, -0.15) is 0 Å². The summed E-state index contributed by atoms with van der Waals surface area (Å²) in [5, 5.41) is 2.87. The lowest BCUT2D eigenvalue weighted by atomic mass is 10.1. The summed E-state index contributed by atoms with van der Waals surface area (Å²) in [5.41, 5.74) is 6.09. The third-order valence-electron chi connectivity index (χ3n) is 3.29. The van der Waals surface area contributed by atoms with E-state index < -0.39 is 5.91 Å². The van der Waals surface area contributed by atoms with Crippen LogP contribution in [0.15, 0.2) is 36.4 Å². The van der Waals surface area contributed by atoms with E-state index in [1.54, 1.807) is 24.3 Å². The molecule has 0 atom stereocenters. The minimum atomic E-state index is -0.491. The summed E-state index contributed by atoms with van der Waals surface area (Å²) in [4.78, 5) is 25.1. The molecule has 5 heteroatoms. The molecule has 1 aliphatic rings. The maximum absolute atomic E-state index is 11.9. The normalized spacial score (nSPS) is 15.0. The van der Waals surface area contributed by atoms with Crippen molar-refractivity contribution in [2.75, 3.05) is 26.2 Å². The Hall–Kier alpha value is -2.14. The monoisotopic (exact) mass is 273 g/mol. The van der Waals surface area contributed by atoms with Gasteiger partial charge in [0.2, 0.25) is 5.91 Å². The molecule has 0 aliphatic carbocycles. The standard InChI is InChI=1S/C15H19N3O2/c16-14(19)12-4-6-13(7-5-12)15(20)17-8-11-18-9-2-1-3-10-18/h1-2,4-7H,3,8-11H2,(H2,16,19)(H,17,20). The minimum Gasteiger partial charge on any atom is -0.366 e.